The second kappa shape index (κ2) is 4.08. The monoisotopic (exact) mass is 339 g/mol. The van der Waals surface area contributed by atoms with Crippen molar-refractivity contribution < 1.29 is 12.8 Å². The van der Waals surface area contributed by atoms with Crippen molar-refractivity contribution in [3.05, 3.63) is 38.8 Å². The summed E-state index contributed by atoms with van der Waals surface area (Å²) in [6.45, 7) is 0. The predicted octanol–water partition coefficient (Wildman–Crippen LogP) is 2.36. The van der Waals surface area contributed by atoms with Gasteiger partial charge in [-0.15, -0.1) is 0 Å². The molecule has 0 fully saturated rings. The SMILES string of the molecule is O=c1c(S(=O)(=O)Cl)c[nH]c2cc(Br)cc(F)c12. The molecular weight excluding hydrogens is 337 g/mol. The molecule has 0 radical (unpaired) electrons. The Morgan fingerprint density at radius 1 is 1.35 bits per heavy atom. The minimum Gasteiger partial charge on any atom is -0.360 e. The van der Waals surface area contributed by atoms with Gasteiger partial charge in [-0.3, -0.25) is 4.79 Å². The number of benzene rings is 1. The Balaban J connectivity index is 3.01. The molecule has 1 aromatic heterocycles. The lowest BCUT2D eigenvalue weighted by molar-refractivity contribution is 0.608. The molecule has 1 N–H and O–H groups in total. The molecule has 0 bridgehead atoms. The average Bonchev–Trinajstić information content (AvgIpc) is 2.14. The number of nitrogens with one attached hydrogen (secondary N) is 1. The maximum absolute atomic E-state index is 13.6. The normalized spacial score (nSPS) is 11.9. The zero-order chi connectivity index (χ0) is 12.8. The first-order valence-corrected chi connectivity index (χ1v) is 7.36. The first-order chi connectivity index (χ1) is 7.80. The van der Waals surface area contributed by atoms with E-state index in [2.05, 4.69) is 20.9 Å². The van der Waals surface area contributed by atoms with Crippen LogP contribution in [0.15, 0.2) is 32.5 Å². The Morgan fingerprint density at radius 3 is 2.59 bits per heavy atom. The summed E-state index contributed by atoms with van der Waals surface area (Å²) in [6, 6.07) is 2.53. The molecule has 1 aromatic carbocycles. The third-order valence-electron chi connectivity index (χ3n) is 2.13. The maximum Gasteiger partial charge on any atom is 0.266 e. The number of hydrogen-bond acceptors (Lipinski definition) is 3. The number of aromatic amines is 1. The van der Waals surface area contributed by atoms with Crippen LogP contribution in [0.4, 0.5) is 4.39 Å². The van der Waals surface area contributed by atoms with Crippen LogP contribution in [0, 0.1) is 5.82 Å². The number of halogens is 3. The lowest BCUT2D eigenvalue weighted by atomic mass is 10.2. The van der Waals surface area contributed by atoms with Crippen LogP contribution in [0.3, 0.4) is 0 Å². The molecule has 0 atom stereocenters. The number of H-pyrrole nitrogens is 1. The summed E-state index contributed by atoms with van der Waals surface area (Å²) in [5, 5.41) is -0.338. The van der Waals surface area contributed by atoms with Crippen LogP contribution in [0.25, 0.3) is 10.9 Å². The minimum absolute atomic E-state index is 0.186. The molecule has 0 saturated carbocycles. The van der Waals surface area contributed by atoms with Gasteiger partial charge < -0.3 is 4.98 Å². The first kappa shape index (κ1) is 12.5. The highest BCUT2D eigenvalue weighted by Crippen LogP contribution is 2.21. The van der Waals surface area contributed by atoms with Gasteiger partial charge in [-0.05, 0) is 12.1 Å². The number of hydrogen-bond donors (Lipinski definition) is 1. The fourth-order valence-corrected chi connectivity index (χ4v) is 2.73. The molecule has 0 aliphatic carbocycles. The van der Waals surface area contributed by atoms with Crippen molar-refractivity contribution in [3.8, 4) is 0 Å². The van der Waals surface area contributed by atoms with Crippen molar-refractivity contribution in [1.29, 1.82) is 0 Å². The van der Waals surface area contributed by atoms with Gasteiger partial charge in [0.25, 0.3) is 9.05 Å². The average molecular weight is 341 g/mol. The van der Waals surface area contributed by atoms with Gasteiger partial charge in [0.05, 0.1) is 10.9 Å². The van der Waals surface area contributed by atoms with Gasteiger partial charge in [-0.2, -0.15) is 0 Å². The summed E-state index contributed by atoms with van der Waals surface area (Å²) in [4.78, 5) is 13.6. The molecular formula is C9H4BrClFNO3S. The quantitative estimate of drug-likeness (QED) is 0.810. The van der Waals surface area contributed by atoms with E-state index in [4.69, 9.17) is 10.7 Å². The van der Waals surface area contributed by atoms with Crippen molar-refractivity contribution in [2.45, 2.75) is 4.90 Å². The highest BCUT2D eigenvalue weighted by atomic mass is 79.9. The van der Waals surface area contributed by atoms with Gasteiger partial charge in [0, 0.05) is 21.4 Å². The summed E-state index contributed by atoms with van der Waals surface area (Å²) < 4.78 is 36.2. The molecule has 0 saturated heterocycles. The Labute approximate surface area is 108 Å². The standard InChI is InChI=1S/C9H4BrClFNO3S/c10-4-1-5(12)8-6(2-4)13-3-7(9(8)14)17(11,15)16/h1-3H,(H,13,14). The van der Waals surface area contributed by atoms with Crippen molar-refractivity contribution in [2.75, 3.05) is 0 Å². The van der Waals surface area contributed by atoms with E-state index in [-0.39, 0.29) is 10.9 Å². The molecule has 2 aromatic rings. The summed E-state index contributed by atoms with van der Waals surface area (Å²) >= 11 is 3.06. The summed E-state index contributed by atoms with van der Waals surface area (Å²) in [5.41, 5.74) is -0.773. The van der Waals surface area contributed by atoms with E-state index >= 15 is 0 Å². The summed E-state index contributed by atoms with van der Waals surface area (Å²) in [7, 11) is 0.867. The fraction of sp³-hybridized carbons (Fsp3) is 0. The zero-order valence-corrected chi connectivity index (χ0v) is 11.2. The lowest BCUT2D eigenvalue weighted by Gasteiger charge is -2.02. The van der Waals surface area contributed by atoms with Crippen LogP contribution in [-0.4, -0.2) is 13.4 Å². The second-order valence-corrected chi connectivity index (χ2v) is 6.68. The van der Waals surface area contributed by atoms with E-state index < -0.39 is 25.2 Å². The third kappa shape index (κ3) is 2.22. The topological polar surface area (TPSA) is 67.0 Å². The molecule has 1 heterocycles. The van der Waals surface area contributed by atoms with Crippen molar-refractivity contribution in [3.63, 3.8) is 0 Å². The van der Waals surface area contributed by atoms with Gasteiger partial charge in [-0.25, -0.2) is 12.8 Å². The largest absolute Gasteiger partial charge is 0.360 e. The fourth-order valence-electron chi connectivity index (χ4n) is 1.43. The molecule has 4 nitrogen and oxygen atoms in total. The van der Waals surface area contributed by atoms with E-state index in [1.807, 2.05) is 0 Å². The van der Waals surface area contributed by atoms with Gasteiger partial charge in [0.1, 0.15) is 10.7 Å². The zero-order valence-electron chi connectivity index (χ0n) is 8.00. The highest BCUT2D eigenvalue weighted by Gasteiger charge is 2.19. The van der Waals surface area contributed by atoms with E-state index in [0.717, 1.165) is 12.3 Å². The summed E-state index contributed by atoms with van der Waals surface area (Å²) in [6.07, 6.45) is 0.943. The molecule has 0 aliphatic heterocycles. The van der Waals surface area contributed by atoms with Crippen molar-refractivity contribution >= 4 is 46.6 Å². The third-order valence-corrected chi connectivity index (χ3v) is 3.91. The molecule has 0 amide bonds. The number of fused-ring (bicyclic) bond motifs is 1. The minimum atomic E-state index is -4.20. The predicted molar refractivity (Wildman–Crippen MR) is 65.3 cm³/mol. The van der Waals surface area contributed by atoms with Gasteiger partial charge in [-0.1, -0.05) is 15.9 Å². The van der Waals surface area contributed by atoms with E-state index in [9.17, 15) is 17.6 Å². The van der Waals surface area contributed by atoms with Gasteiger partial charge in [0.15, 0.2) is 0 Å². The van der Waals surface area contributed by atoms with Crippen LogP contribution >= 0.6 is 26.6 Å². The van der Waals surface area contributed by atoms with Crippen LogP contribution < -0.4 is 5.43 Å². The Morgan fingerprint density at radius 2 is 2.00 bits per heavy atom. The number of aromatic nitrogens is 1. The number of pyridine rings is 1. The smallest absolute Gasteiger partial charge is 0.266 e. The Kier molecular flexibility index (Phi) is 3.01. The Bertz CT molecular complexity index is 772. The molecule has 0 aliphatic rings. The summed E-state index contributed by atoms with van der Waals surface area (Å²) in [5.74, 6) is -0.821. The van der Waals surface area contributed by atoms with Gasteiger partial charge >= 0.3 is 0 Å². The van der Waals surface area contributed by atoms with E-state index in [1.54, 1.807) is 0 Å². The first-order valence-electron chi connectivity index (χ1n) is 4.26. The maximum atomic E-state index is 13.6. The number of rotatable bonds is 1. The molecule has 90 valence electrons. The van der Waals surface area contributed by atoms with Crippen LogP contribution in [-0.2, 0) is 9.05 Å². The highest BCUT2D eigenvalue weighted by molar-refractivity contribution is 9.10. The molecule has 0 spiro atoms. The molecule has 0 unspecified atom stereocenters. The van der Waals surface area contributed by atoms with Crippen molar-refractivity contribution in [1.82, 2.24) is 4.98 Å². The van der Waals surface area contributed by atoms with Gasteiger partial charge in [0.2, 0.25) is 5.43 Å². The second-order valence-electron chi connectivity index (χ2n) is 3.23. The molecule has 17 heavy (non-hydrogen) atoms. The van der Waals surface area contributed by atoms with Crippen LogP contribution in [0.1, 0.15) is 0 Å². The van der Waals surface area contributed by atoms with E-state index in [1.165, 1.54) is 6.07 Å². The van der Waals surface area contributed by atoms with Crippen LogP contribution in [0.2, 0.25) is 0 Å². The van der Waals surface area contributed by atoms with Crippen LogP contribution in [0.5, 0.6) is 0 Å². The Hall–Kier alpha value is -0.920. The van der Waals surface area contributed by atoms with E-state index in [0.29, 0.717) is 4.47 Å². The lowest BCUT2D eigenvalue weighted by Crippen LogP contribution is -2.13. The molecule has 2 rings (SSSR count). The molecule has 8 heteroatoms. The van der Waals surface area contributed by atoms with Crippen molar-refractivity contribution in [2.24, 2.45) is 0 Å².